The van der Waals surface area contributed by atoms with E-state index in [0.717, 1.165) is 42.3 Å². The van der Waals surface area contributed by atoms with Crippen molar-refractivity contribution >= 4 is 0 Å². The second-order valence-corrected chi connectivity index (χ2v) is 5.85. The summed E-state index contributed by atoms with van der Waals surface area (Å²) in [6, 6.07) is 8.02. The third kappa shape index (κ3) is 2.90. The number of aromatic amines is 1. The van der Waals surface area contributed by atoms with Crippen LogP contribution in [0.15, 0.2) is 41.2 Å². The lowest BCUT2D eigenvalue weighted by Crippen LogP contribution is -2.23. The highest BCUT2D eigenvalue weighted by Crippen LogP contribution is 2.31. The van der Waals surface area contributed by atoms with Crippen LogP contribution in [-0.2, 0) is 6.54 Å². The van der Waals surface area contributed by atoms with Crippen molar-refractivity contribution in [3.63, 3.8) is 0 Å². The first-order valence-corrected chi connectivity index (χ1v) is 8.02. The number of rotatable bonds is 5. The monoisotopic (exact) mass is 325 g/mol. The first kappa shape index (κ1) is 14.9. The summed E-state index contributed by atoms with van der Waals surface area (Å²) in [7, 11) is 1.66. The van der Waals surface area contributed by atoms with Crippen LogP contribution in [0.2, 0.25) is 0 Å². The molecule has 1 aromatic carbocycles. The van der Waals surface area contributed by atoms with E-state index in [0.29, 0.717) is 12.4 Å². The smallest absolute Gasteiger partial charge is 0.209 e. The average molecular weight is 325 g/mol. The summed E-state index contributed by atoms with van der Waals surface area (Å²) in [4.78, 5) is 11.0. The molecular formula is C17H19N5O2. The molecule has 24 heavy (non-hydrogen) atoms. The van der Waals surface area contributed by atoms with Gasteiger partial charge in [-0.25, -0.2) is 9.97 Å². The summed E-state index contributed by atoms with van der Waals surface area (Å²) in [6.45, 7) is 1.67. The van der Waals surface area contributed by atoms with Gasteiger partial charge in [0.15, 0.2) is 5.76 Å². The van der Waals surface area contributed by atoms with Crippen molar-refractivity contribution in [3.05, 3.63) is 48.5 Å². The SMILES string of the molecule is COc1ccc(-c2cnc(CN3CCC[C@H]3c3ncn[nH]3)o2)cc1. The van der Waals surface area contributed by atoms with Gasteiger partial charge in [0.1, 0.15) is 17.9 Å². The lowest BCUT2D eigenvalue weighted by molar-refractivity contribution is 0.217. The molecule has 1 atom stereocenters. The van der Waals surface area contributed by atoms with Gasteiger partial charge in [-0.05, 0) is 43.7 Å². The number of nitrogens with one attached hydrogen (secondary N) is 1. The van der Waals surface area contributed by atoms with E-state index in [4.69, 9.17) is 9.15 Å². The van der Waals surface area contributed by atoms with Gasteiger partial charge in [-0.1, -0.05) is 0 Å². The van der Waals surface area contributed by atoms with Crippen molar-refractivity contribution in [2.45, 2.75) is 25.4 Å². The normalized spacial score (nSPS) is 18.1. The number of methoxy groups -OCH3 is 1. The van der Waals surface area contributed by atoms with Crippen LogP contribution in [0.5, 0.6) is 5.75 Å². The fraction of sp³-hybridized carbons (Fsp3) is 0.353. The van der Waals surface area contributed by atoms with Crippen molar-refractivity contribution < 1.29 is 9.15 Å². The van der Waals surface area contributed by atoms with Gasteiger partial charge in [-0.3, -0.25) is 10.00 Å². The van der Waals surface area contributed by atoms with Crippen molar-refractivity contribution in [2.24, 2.45) is 0 Å². The lowest BCUT2D eigenvalue weighted by atomic mass is 10.2. The van der Waals surface area contributed by atoms with E-state index in [1.807, 2.05) is 24.3 Å². The van der Waals surface area contributed by atoms with E-state index < -0.39 is 0 Å². The predicted molar refractivity (Wildman–Crippen MR) is 87.3 cm³/mol. The van der Waals surface area contributed by atoms with Gasteiger partial charge < -0.3 is 9.15 Å². The van der Waals surface area contributed by atoms with Crippen LogP contribution in [0.1, 0.15) is 30.6 Å². The van der Waals surface area contributed by atoms with Crippen molar-refractivity contribution in [1.82, 2.24) is 25.1 Å². The van der Waals surface area contributed by atoms with Crippen molar-refractivity contribution in [3.8, 4) is 17.1 Å². The average Bonchev–Trinajstić information content (AvgIpc) is 3.37. The van der Waals surface area contributed by atoms with Gasteiger partial charge >= 0.3 is 0 Å². The Labute approximate surface area is 139 Å². The number of nitrogens with zero attached hydrogens (tertiary/aromatic N) is 4. The molecule has 0 unspecified atom stereocenters. The Morgan fingerprint density at radius 1 is 1.29 bits per heavy atom. The van der Waals surface area contributed by atoms with Crippen molar-refractivity contribution in [2.75, 3.05) is 13.7 Å². The van der Waals surface area contributed by atoms with E-state index in [-0.39, 0.29) is 6.04 Å². The summed E-state index contributed by atoms with van der Waals surface area (Å²) in [5, 5.41) is 6.93. The number of aromatic nitrogens is 4. The molecule has 0 amide bonds. The Morgan fingerprint density at radius 3 is 2.92 bits per heavy atom. The lowest BCUT2D eigenvalue weighted by Gasteiger charge is -2.20. The molecule has 7 nitrogen and oxygen atoms in total. The van der Waals surface area contributed by atoms with Crippen LogP contribution >= 0.6 is 0 Å². The number of hydrogen-bond acceptors (Lipinski definition) is 6. The maximum Gasteiger partial charge on any atom is 0.209 e. The Morgan fingerprint density at radius 2 is 2.17 bits per heavy atom. The van der Waals surface area contributed by atoms with E-state index in [1.165, 1.54) is 0 Å². The molecule has 1 fully saturated rings. The topological polar surface area (TPSA) is 80.1 Å². The van der Waals surface area contributed by atoms with Crippen LogP contribution in [0, 0.1) is 0 Å². The minimum absolute atomic E-state index is 0.254. The summed E-state index contributed by atoms with van der Waals surface area (Å²) >= 11 is 0. The number of ether oxygens (including phenoxy) is 1. The molecule has 1 aliphatic rings. The maximum atomic E-state index is 5.93. The number of benzene rings is 1. The number of hydrogen-bond donors (Lipinski definition) is 1. The standard InChI is InChI=1S/C17H19N5O2/c1-23-13-6-4-12(5-7-13)15-9-18-16(24-15)10-22-8-2-3-14(22)17-19-11-20-21-17/h4-7,9,11,14H,2-3,8,10H2,1H3,(H,19,20,21)/t14-/m0/s1. The second-order valence-electron chi connectivity index (χ2n) is 5.85. The molecule has 1 saturated heterocycles. The first-order valence-electron chi connectivity index (χ1n) is 8.02. The molecule has 7 heteroatoms. The molecule has 0 saturated carbocycles. The molecule has 0 bridgehead atoms. The van der Waals surface area contributed by atoms with E-state index in [9.17, 15) is 0 Å². The minimum atomic E-state index is 0.254. The molecule has 4 rings (SSSR count). The molecule has 0 aliphatic carbocycles. The van der Waals surface area contributed by atoms with E-state index >= 15 is 0 Å². The largest absolute Gasteiger partial charge is 0.497 e. The van der Waals surface area contributed by atoms with Crippen LogP contribution in [-0.4, -0.2) is 38.7 Å². The molecule has 1 N–H and O–H groups in total. The van der Waals surface area contributed by atoms with Crippen molar-refractivity contribution in [1.29, 1.82) is 0 Å². The summed E-state index contributed by atoms with van der Waals surface area (Å²) in [6.07, 6.45) is 5.54. The third-order valence-corrected chi connectivity index (χ3v) is 4.38. The Balaban J connectivity index is 1.48. The van der Waals surface area contributed by atoms with Crippen LogP contribution in [0.3, 0.4) is 0 Å². The molecule has 3 heterocycles. The third-order valence-electron chi connectivity index (χ3n) is 4.38. The quantitative estimate of drug-likeness (QED) is 0.777. The zero-order chi connectivity index (χ0) is 16.4. The van der Waals surface area contributed by atoms with E-state index in [2.05, 4.69) is 25.1 Å². The Kier molecular flexibility index (Phi) is 4.00. The number of H-pyrrole nitrogens is 1. The van der Waals surface area contributed by atoms with Gasteiger partial charge in [-0.15, -0.1) is 0 Å². The molecule has 124 valence electrons. The van der Waals surface area contributed by atoms with Crippen LogP contribution in [0.25, 0.3) is 11.3 Å². The van der Waals surface area contributed by atoms with E-state index in [1.54, 1.807) is 19.6 Å². The molecular weight excluding hydrogens is 306 g/mol. The van der Waals surface area contributed by atoms with Gasteiger partial charge in [0.25, 0.3) is 0 Å². The summed E-state index contributed by atoms with van der Waals surface area (Å²) < 4.78 is 11.1. The highest BCUT2D eigenvalue weighted by molar-refractivity contribution is 5.57. The molecule has 1 aliphatic heterocycles. The fourth-order valence-electron chi connectivity index (χ4n) is 3.15. The summed E-state index contributed by atoms with van der Waals surface area (Å²) in [5.74, 6) is 3.22. The summed E-state index contributed by atoms with van der Waals surface area (Å²) in [5.41, 5.74) is 0.989. The minimum Gasteiger partial charge on any atom is -0.497 e. The number of oxazole rings is 1. The fourth-order valence-corrected chi connectivity index (χ4v) is 3.15. The highest BCUT2D eigenvalue weighted by atomic mass is 16.5. The molecule has 0 radical (unpaired) electrons. The van der Waals surface area contributed by atoms with Gasteiger partial charge in [0.2, 0.25) is 5.89 Å². The first-order chi connectivity index (χ1) is 11.8. The second kappa shape index (κ2) is 6.45. The highest BCUT2D eigenvalue weighted by Gasteiger charge is 2.29. The zero-order valence-corrected chi connectivity index (χ0v) is 13.5. The van der Waals surface area contributed by atoms with Gasteiger partial charge in [0.05, 0.1) is 25.9 Å². The molecule has 0 spiro atoms. The predicted octanol–water partition coefficient (Wildman–Crippen LogP) is 2.81. The van der Waals surface area contributed by atoms with Crippen LogP contribution < -0.4 is 4.74 Å². The van der Waals surface area contributed by atoms with Gasteiger partial charge in [0, 0.05) is 5.56 Å². The number of likely N-dealkylation sites (tertiary alicyclic amines) is 1. The Bertz CT molecular complexity index is 782. The Hall–Kier alpha value is -2.67. The van der Waals surface area contributed by atoms with Crippen LogP contribution in [0.4, 0.5) is 0 Å². The zero-order valence-electron chi connectivity index (χ0n) is 13.5. The molecule has 2 aromatic heterocycles. The van der Waals surface area contributed by atoms with Gasteiger partial charge in [-0.2, -0.15) is 5.10 Å². The maximum absolute atomic E-state index is 5.93. The molecule has 3 aromatic rings.